The molecule has 0 saturated heterocycles. The summed E-state index contributed by atoms with van der Waals surface area (Å²) in [6.07, 6.45) is 6.49. The molecule has 0 spiro atoms. The lowest BCUT2D eigenvalue weighted by Crippen LogP contribution is -2.30. The van der Waals surface area contributed by atoms with E-state index >= 15 is 0 Å². The Balaban J connectivity index is 1.50. The number of hydrogen-bond donors (Lipinski definition) is 2. The number of rotatable bonds is 7. The van der Waals surface area contributed by atoms with Crippen molar-refractivity contribution in [1.82, 2.24) is 5.32 Å². The van der Waals surface area contributed by atoms with Gasteiger partial charge in [0, 0.05) is 23.8 Å². The number of hydrogen-bond acceptors (Lipinski definition) is 3. The van der Waals surface area contributed by atoms with Crippen molar-refractivity contribution in [3.05, 3.63) is 59.7 Å². The van der Waals surface area contributed by atoms with E-state index in [2.05, 4.69) is 16.7 Å². The highest BCUT2D eigenvalue weighted by atomic mass is 16.5. The van der Waals surface area contributed by atoms with Crippen molar-refractivity contribution in [2.45, 2.75) is 51.6 Å². The molecule has 2 N–H and O–H groups in total. The van der Waals surface area contributed by atoms with Gasteiger partial charge in [0.05, 0.1) is 0 Å². The van der Waals surface area contributed by atoms with Gasteiger partial charge in [0.1, 0.15) is 5.75 Å². The lowest BCUT2D eigenvalue weighted by atomic mass is 9.95. The van der Waals surface area contributed by atoms with Gasteiger partial charge in [-0.05, 0) is 38.0 Å². The molecule has 0 unspecified atom stereocenters. The number of anilines is 1. The minimum atomic E-state index is -0.149. The van der Waals surface area contributed by atoms with E-state index in [1.165, 1.54) is 37.7 Å². The Morgan fingerprint density at radius 2 is 1.77 bits per heavy atom. The first-order chi connectivity index (χ1) is 12.7. The van der Waals surface area contributed by atoms with Gasteiger partial charge in [0.15, 0.2) is 6.61 Å². The van der Waals surface area contributed by atoms with Crippen molar-refractivity contribution in [3.63, 3.8) is 0 Å². The Bertz CT molecular complexity index is 706. The zero-order chi connectivity index (χ0) is 18.2. The maximum Gasteiger partial charge on any atom is 0.262 e. The molecule has 1 aliphatic carbocycles. The fraction of sp³-hybridized carbons (Fsp3) is 0.409. The zero-order valence-corrected chi connectivity index (χ0v) is 15.5. The molecule has 2 aromatic carbocycles. The molecule has 1 aliphatic rings. The monoisotopic (exact) mass is 352 g/mol. The largest absolute Gasteiger partial charge is 0.483 e. The standard InChI is InChI=1S/C22H28N2O2/c1-17-11-13-20(14-12-17)24-22(25)16-26-21-10-6-5-7-18(21)15-23-19-8-3-2-4-9-19/h5-7,10-14,19,23H,2-4,8-9,15-16H2,1H3,(H,24,25). The Morgan fingerprint density at radius 1 is 1.04 bits per heavy atom. The van der Waals surface area contributed by atoms with E-state index in [4.69, 9.17) is 4.74 Å². The van der Waals surface area contributed by atoms with Gasteiger partial charge < -0.3 is 15.4 Å². The number of amides is 1. The maximum atomic E-state index is 12.1. The minimum Gasteiger partial charge on any atom is -0.483 e. The fourth-order valence-electron chi connectivity index (χ4n) is 3.33. The summed E-state index contributed by atoms with van der Waals surface area (Å²) in [6.45, 7) is 2.81. The number of nitrogens with one attached hydrogen (secondary N) is 2. The molecular weight excluding hydrogens is 324 g/mol. The van der Waals surface area contributed by atoms with Gasteiger partial charge in [-0.15, -0.1) is 0 Å². The van der Waals surface area contributed by atoms with Crippen molar-refractivity contribution in [2.24, 2.45) is 0 Å². The second-order valence-corrected chi connectivity index (χ2v) is 7.03. The van der Waals surface area contributed by atoms with Crippen LogP contribution in [0.25, 0.3) is 0 Å². The lowest BCUT2D eigenvalue weighted by molar-refractivity contribution is -0.118. The topological polar surface area (TPSA) is 50.4 Å². The van der Waals surface area contributed by atoms with E-state index in [1.807, 2.05) is 49.4 Å². The van der Waals surface area contributed by atoms with Crippen molar-refractivity contribution < 1.29 is 9.53 Å². The lowest BCUT2D eigenvalue weighted by Gasteiger charge is -2.23. The number of carbonyl (C=O) groups is 1. The summed E-state index contributed by atoms with van der Waals surface area (Å²) in [6, 6.07) is 16.3. The molecule has 4 nitrogen and oxygen atoms in total. The average Bonchev–Trinajstić information content (AvgIpc) is 2.68. The van der Waals surface area contributed by atoms with E-state index in [1.54, 1.807) is 0 Å². The predicted molar refractivity (Wildman–Crippen MR) is 105 cm³/mol. The van der Waals surface area contributed by atoms with Crippen molar-refractivity contribution in [2.75, 3.05) is 11.9 Å². The van der Waals surface area contributed by atoms with Crippen LogP contribution >= 0.6 is 0 Å². The predicted octanol–water partition coefficient (Wildman–Crippen LogP) is 4.43. The number of carbonyl (C=O) groups excluding carboxylic acids is 1. The molecular formula is C22H28N2O2. The van der Waals surface area contributed by atoms with Crippen LogP contribution in [0, 0.1) is 6.92 Å². The molecule has 4 heteroatoms. The fourth-order valence-corrected chi connectivity index (χ4v) is 3.33. The summed E-state index contributed by atoms with van der Waals surface area (Å²) >= 11 is 0. The SMILES string of the molecule is Cc1ccc(NC(=O)COc2ccccc2CNC2CCCCC2)cc1. The third-order valence-corrected chi connectivity index (χ3v) is 4.85. The number of aryl methyl sites for hydroxylation is 1. The molecule has 0 heterocycles. The normalized spacial score (nSPS) is 14.8. The Kier molecular flexibility index (Phi) is 6.67. The van der Waals surface area contributed by atoms with Crippen LogP contribution in [0.4, 0.5) is 5.69 Å². The van der Waals surface area contributed by atoms with Gasteiger partial charge in [-0.25, -0.2) is 0 Å². The Hall–Kier alpha value is -2.33. The Labute approximate surface area is 156 Å². The van der Waals surface area contributed by atoms with Crippen LogP contribution in [-0.2, 0) is 11.3 Å². The molecule has 0 aromatic heterocycles. The summed E-state index contributed by atoms with van der Waals surface area (Å²) < 4.78 is 5.78. The molecule has 0 bridgehead atoms. The van der Waals surface area contributed by atoms with E-state index < -0.39 is 0 Å². The van der Waals surface area contributed by atoms with Crippen molar-refractivity contribution in [1.29, 1.82) is 0 Å². The maximum absolute atomic E-state index is 12.1. The van der Waals surface area contributed by atoms with Crippen LogP contribution < -0.4 is 15.4 Å². The van der Waals surface area contributed by atoms with Crippen LogP contribution in [0.2, 0.25) is 0 Å². The van der Waals surface area contributed by atoms with Gasteiger partial charge in [-0.3, -0.25) is 4.79 Å². The second kappa shape index (κ2) is 9.39. The third kappa shape index (κ3) is 5.60. The molecule has 138 valence electrons. The smallest absolute Gasteiger partial charge is 0.262 e. The van der Waals surface area contributed by atoms with Gasteiger partial charge in [-0.1, -0.05) is 55.2 Å². The summed E-state index contributed by atoms with van der Waals surface area (Å²) in [4.78, 5) is 12.1. The van der Waals surface area contributed by atoms with E-state index in [-0.39, 0.29) is 12.5 Å². The summed E-state index contributed by atoms with van der Waals surface area (Å²) in [5, 5.41) is 6.49. The van der Waals surface area contributed by atoms with Crippen LogP contribution in [0.1, 0.15) is 43.2 Å². The van der Waals surface area contributed by atoms with Gasteiger partial charge in [0.2, 0.25) is 0 Å². The molecule has 2 aromatic rings. The molecule has 0 radical (unpaired) electrons. The van der Waals surface area contributed by atoms with Crippen LogP contribution in [-0.4, -0.2) is 18.6 Å². The molecule has 0 aliphatic heterocycles. The third-order valence-electron chi connectivity index (χ3n) is 4.85. The first-order valence-electron chi connectivity index (χ1n) is 9.51. The zero-order valence-electron chi connectivity index (χ0n) is 15.5. The first kappa shape index (κ1) is 18.5. The molecule has 1 saturated carbocycles. The summed E-state index contributed by atoms with van der Waals surface area (Å²) in [7, 11) is 0. The summed E-state index contributed by atoms with van der Waals surface area (Å²) in [5.74, 6) is 0.624. The highest BCUT2D eigenvalue weighted by Crippen LogP contribution is 2.21. The van der Waals surface area contributed by atoms with Crippen LogP contribution in [0.15, 0.2) is 48.5 Å². The molecule has 1 amide bonds. The number of benzene rings is 2. The quantitative estimate of drug-likeness (QED) is 0.775. The highest BCUT2D eigenvalue weighted by molar-refractivity contribution is 5.91. The summed E-state index contributed by atoms with van der Waals surface area (Å²) in [5.41, 5.74) is 3.05. The minimum absolute atomic E-state index is 0.00825. The highest BCUT2D eigenvalue weighted by Gasteiger charge is 2.14. The van der Waals surface area contributed by atoms with Gasteiger partial charge >= 0.3 is 0 Å². The number of ether oxygens (including phenoxy) is 1. The van der Waals surface area contributed by atoms with Gasteiger partial charge in [-0.2, -0.15) is 0 Å². The first-order valence-corrected chi connectivity index (χ1v) is 9.51. The van der Waals surface area contributed by atoms with E-state index in [0.29, 0.717) is 6.04 Å². The van der Waals surface area contributed by atoms with Crippen LogP contribution in [0.3, 0.4) is 0 Å². The second-order valence-electron chi connectivity index (χ2n) is 7.03. The van der Waals surface area contributed by atoms with Crippen molar-refractivity contribution >= 4 is 11.6 Å². The van der Waals surface area contributed by atoms with E-state index in [0.717, 1.165) is 23.5 Å². The van der Waals surface area contributed by atoms with E-state index in [9.17, 15) is 4.79 Å². The van der Waals surface area contributed by atoms with Crippen LogP contribution in [0.5, 0.6) is 5.75 Å². The van der Waals surface area contributed by atoms with Crippen molar-refractivity contribution in [3.8, 4) is 5.75 Å². The molecule has 26 heavy (non-hydrogen) atoms. The molecule has 0 atom stereocenters. The van der Waals surface area contributed by atoms with Gasteiger partial charge in [0.25, 0.3) is 5.91 Å². The number of para-hydroxylation sites is 1. The molecule has 3 rings (SSSR count). The average molecular weight is 352 g/mol. The molecule has 1 fully saturated rings. The Morgan fingerprint density at radius 3 is 2.54 bits per heavy atom.